The molecule has 0 aliphatic rings. The van der Waals surface area contributed by atoms with Crippen LogP contribution in [0.4, 0.5) is 11.5 Å². The largest absolute Gasteiger partial charge is 0.399 e. The zero-order valence-electron chi connectivity index (χ0n) is 12.9. The van der Waals surface area contributed by atoms with E-state index in [1.807, 2.05) is 30.3 Å². The highest BCUT2D eigenvalue weighted by atomic mass is 16.5. The van der Waals surface area contributed by atoms with E-state index >= 15 is 0 Å². The minimum absolute atomic E-state index is 0.226. The first-order valence-electron chi connectivity index (χ1n) is 7.06. The summed E-state index contributed by atoms with van der Waals surface area (Å²) >= 11 is 0. The van der Waals surface area contributed by atoms with Gasteiger partial charge in [-0.05, 0) is 37.3 Å². The van der Waals surface area contributed by atoms with Gasteiger partial charge in [-0.1, -0.05) is 0 Å². The van der Waals surface area contributed by atoms with Gasteiger partial charge < -0.3 is 20.1 Å². The Morgan fingerprint density at radius 2 is 2.00 bits per heavy atom. The number of fused-ring (bicyclic) bond motifs is 1. The van der Waals surface area contributed by atoms with Crippen LogP contribution in [0.3, 0.4) is 0 Å². The third-order valence-corrected chi connectivity index (χ3v) is 3.47. The number of benzene rings is 1. The Labute approximate surface area is 125 Å². The lowest BCUT2D eigenvalue weighted by Gasteiger charge is -2.29. The van der Waals surface area contributed by atoms with Gasteiger partial charge in [0.05, 0.1) is 24.8 Å². The molecule has 5 nitrogen and oxygen atoms in total. The van der Waals surface area contributed by atoms with E-state index in [9.17, 15) is 0 Å². The Morgan fingerprint density at radius 3 is 2.71 bits per heavy atom. The number of rotatable bonds is 7. The van der Waals surface area contributed by atoms with Crippen LogP contribution in [0.5, 0.6) is 0 Å². The molecule has 5 heteroatoms. The molecular weight excluding hydrogens is 266 g/mol. The molecule has 1 heterocycles. The molecule has 114 valence electrons. The van der Waals surface area contributed by atoms with Crippen molar-refractivity contribution in [3.05, 3.63) is 30.3 Å². The summed E-state index contributed by atoms with van der Waals surface area (Å²) in [6.45, 7) is 4.18. The van der Waals surface area contributed by atoms with E-state index in [0.717, 1.165) is 29.0 Å². The summed E-state index contributed by atoms with van der Waals surface area (Å²) in [5.41, 5.74) is 7.49. The second-order valence-corrected chi connectivity index (χ2v) is 5.11. The molecule has 1 unspecified atom stereocenters. The number of nitrogens with two attached hydrogens (primary N) is 1. The molecule has 2 rings (SSSR count). The van der Waals surface area contributed by atoms with Crippen molar-refractivity contribution in [1.29, 1.82) is 0 Å². The van der Waals surface area contributed by atoms with Crippen LogP contribution in [0.2, 0.25) is 0 Å². The zero-order chi connectivity index (χ0) is 15.2. The molecular formula is C16H23N3O2. The topological polar surface area (TPSA) is 60.6 Å². The van der Waals surface area contributed by atoms with Crippen LogP contribution >= 0.6 is 0 Å². The average Bonchev–Trinajstić information content (AvgIpc) is 2.48. The van der Waals surface area contributed by atoms with Gasteiger partial charge in [0.1, 0.15) is 5.82 Å². The average molecular weight is 289 g/mol. The molecule has 1 aromatic heterocycles. The molecule has 2 N–H and O–H groups in total. The van der Waals surface area contributed by atoms with E-state index in [1.54, 1.807) is 14.2 Å². The first-order valence-corrected chi connectivity index (χ1v) is 7.06. The Kier molecular flexibility index (Phi) is 5.36. The molecule has 0 aliphatic heterocycles. The molecule has 2 aromatic rings. The molecule has 0 fully saturated rings. The third kappa shape index (κ3) is 3.83. The first-order chi connectivity index (χ1) is 10.2. The molecule has 0 aliphatic carbocycles. The summed E-state index contributed by atoms with van der Waals surface area (Å²) in [7, 11) is 3.41. The fourth-order valence-corrected chi connectivity index (χ4v) is 2.37. The maximum Gasteiger partial charge on any atom is 0.129 e. The number of methoxy groups -OCH3 is 2. The van der Waals surface area contributed by atoms with Crippen molar-refractivity contribution in [3.8, 4) is 0 Å². The molecule has 0 saturated heterocycles. The number of nitrogen functional groups attached to an aromatic ring is 1. The third-order valence-electron chi connectivity index (χ3n) is 3.47. The summed E-state index contributed by atoms with van der Waals surface area (Å²) in [6, 6.07) is 10.0. The number of hydrogen-bond donors (Lipinski definition) is 1. The molecule has 0 saturated carbocycles. The quantitative estimate of drug-likeness (QED) is 0.793. The summed E-state index contributed by atoms with van der Waals surface area (Å²) in [6.07, 6.45) is 0. The molecule has 1 atom stereocenters. The minimum atomic E-state index is 0.226. The highest BCUT2D eigenvalue weighted by molar-refractivity contribution is 5.83. The Bertz CT molecular complexity index is 589. The van der Waals surface area contributed by atoms with Crippen molar-refractivity contribution < 1.29 is 9.47 Å². The van der Waals surface area contributed by atoms with Crippen molar-refractivity contribution >= 4 is 22.4 Å². The van der Waals surface area contributed by atoms with E-state index in [-0.39, 0.29) is 6.04 Å². The molecule has 0 bridgehead atoms. The van der Waals surface area contributed by atoms with Crippen LogP contribution in [0, 0.1) is 0 Å². The van der Waals surface area contributed by atoms with E-state index < -0.39 is 0 Å². The normalized spacial score (nSPS) is 12.5. The first kappa shape index (κ1) is 15.5. The van der Waals surface area contributed by atoms with Gasteiger partial charge in [0.2, 0.25) is 0 Å². The van der Waals surface area contributed by atoms with Gasteiger partial charge in [0.25, 0.3) is 0 Å². The van der Waals surface area contributed by atoms with Gasteiger partial charge in [-0.15, -0.1) is 0 Å². The van der Waals surface area contributed by atoms with E-state index in [2.05, 4.69) is 11.8 Å². The summed E-state index contributed by atoms with van der Waals surface area (Å²) in [5.74, 6) is 0.925. The Morgan fingerprint density at radius 1 is 1.19 bits per heavy atom. The van der Waals surface area contributed by atoms with Gasteiger partial charge in [0, 0.05) is 31.8 Å². The van der Waals surface area contributed by atoms with E-state index in [1.165, 1.54) is 0 Å². The van der Waals surface area contributed by atoms with Crippen molar-refractivity contribution in [1.82, 2.24) is 4.98 Å². The Hall–Kier alpha value is -1.85. The van der Waals surface area contributed by atoms with E-state index in [4.69, 9.17) is 20.2 Å². The zero-order valence-corrected chi connectivity index (χ0v) is 12.9. The number of ether oxygens (including phenoxy) is 2. The van der Waals surface area contributed by atoms with Gasteiger partial charge >= 0.3 is 0 Å². The fraction of sp³-hybridized carbons (Fsp3) is 0.438. The van der Waals surface area contributed by atoms with Crippen LogP contribution in [0.15, 0.2) is 30.3 Å². The lowest BCUT2D eigenvalue weighted by atomic mass is 10.2. The van der Waals surface area contributed by atoms with Gasteiger partial charge in [-0.2, -0.15) is 0 Å². The van der Waals surface area contributed by atoms with Crippen LogP contribution in [-0.4, -0.2) is 45.0 Å². The van der Waals surface area contributed by atoms with Gasteiger partial charge in [-0.25, -0.2) is 4.98 Å². The van der Waals surface area contributed by atoms with Crippen molar-refractivity contribution in [2.75, 3.05) is 44.6 Å². The van der Waals surface area contributed by atoms with Gasteiger partial charge in [0.15, 0.2) is 0 Å². The standard InChI is InChI=1S/C16H23N3O2/c1-12(11-21-3)19(8-9-20-2)16-7-4-13-10-14(17)5-6-15(13)18-16/h4-7,10,12H,8-9,11,17H2,1-3H3. The van der Waals surface area contributed by atoms with Crippen LogP contribution in [0.1, 0.15) is 6.92 Å². The molecule has 21 heavy (non-hydrogen) atoms. The predicted molar refractivity (Wildman–Crippen MR) is 86.7 cm³/mol. The second kappa shape index (κ2) is 7.24. The lowest BCUT2D eigenvalue weighted by molar-refractivity contribution is 0.170. The maximum atomic E-state index is 5.80. The monoisotopic (exact) mass is 289 g/mol. The summed E-state index contributed by atoms with van der Waals surface area (Å²) < 4.78 is 10.5. The molecule has 0 spiro atoms. The number of aromatic nitrogens is 1. The van der Waals surface area contributed by atoms with Crippen LogP contribution < -0.4 is 10.6 Å². The van der Waals surface area contributed by atoms with Crippen LogP contribution in [-0.2, 0) is 9.47 Å². The van der Waals surface area contributed by atoms with E-state index in [0.29, 0.717) is 13.2 Å². The highest BCUT2D eigenvalue weighted by Crippen LogP contribution is 2.21. The summed E-state index contributed by atoms with van der Waals surface area (Å²) in [4.78, 5) is 6.93. The minimum Gasteiger partial charge on any atom is -0.399 e. The second-order valence-electron chi connectivity index (χ2n) is 5.11. The highest BCUT2D eigenvalue weighted by Gasteiger charge is 2.15. The van der Waals surface area contributed by atoms with Crippen molar-refractivity contribution in [2.45, 2.75) is 13.0 Å². The number of pyridine rings is 1. The van der Waals surface area contributed by atoms with Crippen molar-refractivity contribution in [2.24, 2.45) is 0 Å². The molecule has 0 radical (unpaired) electrons. The smallest absolute Gasteiger partial charge is 0.129 e. The maximum absolute atomic E-state index is 5.80. The number of anilines is 2. The number of hydrogen-bond acceptors (Lipinski definition) is 5. The predicted octanol–water partition coefficient (Wildman–Crippen LogP) is 2.30. The summed E-state index contributed by atoms with van der Waals surface area (Å²) in [5, 5.41) is 1.05. The van der Waals surface area contributed by atoms with Crippen molar-refractivity contribution in [3.63, 3.8) is 0 Å². The Balaban J connectivity index is 2.31. The van der Waals surface area contributed by atoms with Gasteiger partial charge in [-0.3, -0.25) is 0 Å². The number of nitrogens with zero attached hydrogens (tertiary/aromatic N) is 2. The van der Waals surface area contributed by atoms with Crippen LogP contribution in [0.25, 0.3) is 10.9 Å². The molecule has 1 aromatic carbocycles. The fourth-order valence-electron chi connectivity index (χ4n) is 2.37. The molecule has 0 amide bonds. The SMILES string of the molecule is COCCN(c1ccc2cc(N)ccc2n1)C(C)COC. The lowest BCUT2D eigenvalue weighted by Crippen LogP contribution is -2.39.